The Morgan fingerprint density at radius 1 is 1.30 bits per heavy atom. The second-order valence-electron chi connectivity index (χ2n) is 6.54. The van der Waals surface area contributed by atoms with Crippen molar-refractivity contribution >= 4 is 29.3 Å². The molecule has 0 aromatic heterocycles. The summed E-state index contributed by atoms with van der Waals surface area (Å²) < 4.78 is 5.14. The number of benzene rings is 1. The molecular weight excluding hydrogens is 368 g/mol. The smallest absolute Gasteiger partial charge is 0.407 e. The number of allylic oxidation sites excluding steroid dienone is 2. The van der Waals surface area contributed by atoms with Gasteiger partial charge in [-0.15, -0.1) is 0 Å². The molecule has 0 saturated carbocycles. The number of hydrogen-bond acceptors (Lipinski definition) is 7. The van der Waals surface area contributed by atoms with Crippen molar-refractivity contribution in [2.75, 3.05) is 13.1 Å². The zero-order valence-corrected chi connectivity index (χ0v) is 17.1. The Bertz CT molecular complexity index is 709. The van der Waals surface area contributed by atoms with Gasteiger partial charge in [-0.1, -0.05) is 17.8 Å². The molecule has 1 rings (SSSR count). The van der Waals surface area contributed by atoms with Crippen LogP contribution >= 0.6 is 11.8 Å². The number of nitrogens with zero attached hydrogens (tertiary/aromatic N) is 2. The topological polar surface area (TPSA) is 106 Å². The lowest BCUT2D eigenvalue weighted by atomic mass is 10.2. The molecule has 0 heterocycles. The number of thioether (sulfide) groups is 1. The third kappa shape index (κ3) is 9.09. The summed E-state index contributed by atoms with van der Waals surface area (Å²) in [5.41, 5.74) is 3.21. The third-order valence-corrected chi connectivity index (χ3v) is 4.30. The van der Waals surface area contributed by atoms with Crippen molar-refractivity contribution in [3.63, 3.8) is 0 Å². The number of non-ortho nitro benzene ring substituents is 1. The van der Waals surface area contributed by atoms with Gasteiger partial charge in [0.1, 0.15) is 5.60 Å². The molecular formula is C18H26N4O4S. The monoisotopic (exact) mass is 394 g/mol. The summed E-state index contributed by atoms with van der Waals surface area (Å²) in [5.74, 6) is 0. The molecule has 8 nitrogen and oxygen atoms in total. The number of hydrogen-bond donors (Lipinski definition) is 2. The number of carbonyl (C=O) groups excluding carboxylic acids is 1. The van der Waals surface area contributed by atoms with Gasteiger partial charge in [-0.25, -0.2) is 4.79 Å². The van der Waals surface area contributed by atoms with E-state index in [-0.39, 0.29) is 5.69 Å². The van der Waals surface area contributed by atoms with Gasteiger partial charge in [-0.2, -0.15) is 5.10 Å². The van der Waals surface area contributed by atoms with Crippen molar-refractivity contribution in [1.82, 2.24) is 10.7 Å². The molecule has 0 spiro atoms. The van der Waals surface area contributed by atoms with Crippen LogP contribution in [-0.2, 0) is 4.74 Å². The van der Waals surface area contributed by atoms with Gasteiger partial charge in [0, 0.05) is 28.5 Å². The zero-order chi connectivity index (χ0) is 20.4. The van der Waals surface area contributed by atoms with Crippen molar-refractivity contribution in [1.29, 1.82) is 0 Å². The first-order chi connectivity index (χ1) is 12.6. The fourth-order valence-electron chi connectivity index (χ4n) is 1.87. The summed E-state index contributed by atoms with van der Waals surface area (Å²) in [5, 5.41) is 17.6. The maximum Gasteiger partial charge on any atom is 0.407 e. The predicted octanol–water partition coefficient (Wildman–Crippen LogP) is 4.08. The van der Waals surface area contributed by atoms with Gasteiger partial charge in [0.15, 0.2) is 0 Å². The van der Waals surface area contributed by atoms with Gasteiger partial charge in [0.05, 0.1) is 17.2 Å². The summed E-state index contributed by atoms with van der Waals surface area (Å²) in [4.78, 5) is 23.6. The molecule has 1 amide bonds. The van der Waals surface area contributed by atoms with Crippen LogP contribution in [0.15, 0.2) is 45.2 Å². The van der Waals surface area contributed by atoms with Crippen LogP contribution in [0.2, 0.25) is 0 Å². The summed E-state index contributed by atoms with van der Waals surface area (Å²) in [6.07, 6.45) is 1.46. The molecule has 0 aliphatic rings. The van der Waals surface area contributed by atoms with Gasteiger partial charge >= 0.3 is 6.09 Å². The largest absolute Gasteiger partial charge is 0.444 e. The molecule has 0 unspecified atom stereocenters. The van der Waals surface area contributed by atoms with Gasteiger partial charge in [-0.05, 0) is 46.8 Å². The van der Waals surface area contributed by atoms with E-state index in [1.54, 1.807) is 32.9 Å². The Kier molecular flexibility index (Phi) is 8.80. The van der Waals surface area contributed by atoms with Crippen molar-refractivity contribution in [2.24, 2.45) is 5.10 Å². The van der Waals surface area contributed by atoms with E-state index in [1.807, 2.05) is 19.9 Å². The minimum Gasteiger partial charge on any atom is -0.444 e. The van der Waals surface area contributed by atoms with E-state index in [2.05, 4.69) is 15.8 Å². The SMILES string of the molecule is C/C=C(Sc1ccc([N+](=O)[O-])cc1)/C(C)=N\NCCNC(=O)OC(C)(C)C. The Labute approximate surface area is 163 Å². The lowest BCUT2D eigenvalue weighted by molar-refractivity contribution is -0.384. The molecule has 0 aliphatic heterocycles. The first kappa shape index (κ1) is 22.5. The van der Waals surface area contributed by atoms with Crippen LogP contribution in [0.25, 0.3) is 0 Å². The van der Waals surface area contributed by atoms with E-state index in [9.17, 15) is 14.9 Å². The Hall–Kier alpha value is -2.55. The molecule has 1 aromatic rings. The van der Waals surface area contributed by atoms with E-state index in [1.165, 1.54) is 23.9 Å². The average Bonchev–Trinajstić information content (AvgIpc) is 2.58. The zero-order valence-electron chi connectivity index (χ0n) is 16.2. The van der Waals surface area contributed by atoms with Crippen LogP contribution < -0.4 is 10.7 Å². The fourth-order valence-corrected chi connectivity index (χ4v) is 2.71. The number of rotatable bonds is 8. The number of alkyl carbamates (subject to hydrolysis) is 1. The Balaban J connectivity index is 2.47. The van der Waals surface area contributed by atoms with E-state index >= 15 is 0 Å². The van der Waals surface area contributed by atoms with Gasteiger partial charge in [-0.3, -0.25) is 10.1 Å². The molecule has 0 saturated heterocycles. The first-order valence-electron chi connectivity index (χ1n) is 8.45. The van der Waals surface area contributed by atoms with Gasteiger partial charge < -0.3 is 15.5 Å². The maximum absolute atomic E-state index is 11.5. The normalized spacial score (nSPS) is 12.5. The summed E-state index contributed by atoms with van der Waals surface area (Å²) in [7, 11) is 0. The summed E-state index contributed by atoms with van der Waals surface area (Å²) >= 11 is 1.47. The quantitative estimate of drug-likeness (QED) is 0.226. The number of nitrogens with one attached hydrogen (secondary N) is 2. The molecule has 0 radical (unpaired) electrons. The van der Waals surface area contributed by atoms with Crippen LogP contribution in [0.4, 0.5) is 10.5 Å². The highest BCUT2D eigenvalue weighted by molar-refractivity contribution is 8.04. The number of nitro groups is 1. The second kappa shape index (κ2) is 10.6. The van der Waals surface area contributed by atoms with Crippen LogP contribution in [0.3, 0.4) is 0 Å². The van der Waals surface area contributed by atoms with Crippen molar-refractivity contribution in [3.05, 3.63) is 45.4 Å². The van der Waals surface area contributed by atoms with Crippen molar-refractivity contribution < 1.29 is 14.5 Å². The van der Waals surface area contributed by atoms with Crippen molar-refractivity contribution in [2.45, 2.75) is 45.1 Å². The fraction of sp³-hybridized carbons (Fsp3) is 0.444. The number of amides is 1. The summed E-state index contributed by atoms with van der Waals surface area (Å²) in [6.45, 7) is 10.0. The van der Waals surface area contributed by atoms with Crippen LogP contribution in [0, 0.1) is 10.1 Å². The van der Waals surface area contributed by atoms with Gasteiger partial charge in [0.2, 0.25) is 0 Å². The number of ether oxygens (including phenoxy) is 1. The minimum absolute atomic E-state index is 0.0610. The molecule has 9 heteroatoms. The summed E-state index contributed by atoms with van der Waals surface area (Å²) in [6, 6.07) is 6.36. The second-order valence-corrected chi connectivity index (χ2v) is 7.66. The molecule has 1 aromatic carbocycles. The molecule has 27 heavy (non-hydrogen) atoms. The highest BCUT2D eigenvalue weighted by atomic mass is 32.2. The maximum atomic E-state index is 11.5. The Morgan fingerprint density at radius 2 is 1.93 bits per heavy atom. The van der Waals surface area contributed by atoms with E-state index in [4.69, 9.17) is 4.74 Å². The third-order valence-electron chi connectivity index (χ3n) is 3.05. The standard InChI is InChI=1S/C18H26N4O4S/c1-6-16(27-15-9-7-14(8-10-15)22(24)25)13(2)21-20-12-11-19-17(23)26-18(3,4)5/h6-10,20H,11-12H2,1-5H3,(H,19,23)/b16-6-,21-13-. The molecule has 0 fully saturated rings. The minimum atomic E-state index is -0.526. The molecule has 0 atom stereocenters. The van der Waals surface area contributed by atoms with Crippen LogP contribution in [0.5, 0.6) is 0 Å². The Morgan fingerprint density at radius 3 is 2.44 bits per heavy atom. The highest BCUT2D eigenvalue weighted by Crippen LogP contribution is 2.28. The van der Waals surface area contributed by atoms with Crippen LogP contribution in [-0.4, -0.2) is 35.4 Å². The average molecular weight is 394 g/mol. The van der Waals surface area contributed by atoms with Gasteiger partial charge in [0.25, 0.3) is 5.69 Å². The lowest BCUT2D eigenvalue weighted by Gasteiger charge is -2.19. The van der Waals surface area contributed by atoms with E-state index < -0.39 is 16.6 Å². The van der Waals surface area contributed by atoms with E-state index in [0.29, 0.717) is 13.1 Å². The number of hydrazone groups is 1. The lowest BCUT2D eigenvalue weighted by Crippen LogP contribution is -2.35. The molecule has 0 bridgehead atoms. The number of carbonyl (C=O) groups is 1. The predicted molar refractivity (Wildman–Crippen MR) is 108 cm³/mol. The van der Waals surface area contributed by atoms with E-state index in [0.717, 1.165) is 15.5 Å². The highest BCUT2D eigenvalue weighted by Gasteiger charge is 2.15. The number of nitro benzene ring substituents is 1. The van der Waals surface area contributed by atoms with Crippen LogP contribution in [0.1, 0.15) is 34.6 Å². The molecule has 2 N–H and O–H groups in total. The first-order valence-corrected chi connectivity index (χ1v) is 9.27. The molecule has 0 aliphatic carbocycles. The van der Waals surface area contributed by atoms with Crippen molar-refractivity contribution in [3.8, 4) is 0 Å². The molecule has 148 valence electrons.